The van der Waals surface area contributed by atoms with Crippen LogP contribution in [-0.2, 0) is 26.2 Å². The summed E-state index contributed by atoms with van der Waals surface area (Å²) in [5.74, 6) is -0.928. The Labute approximate surface area is 218 Å². The van der Waals surface area contributed by atoms with E-state index in [0.29, 0.717) is 22.9 Å². The molecular formula is C22H25ClF3N5O4S2. The molecule has 1 heterocycles. The lowest BCUT2D eigenvalue weighted by Gasteiger charge is -2.21. The molecule has 1 aliphatic heterocycles. The summed E-state index contributed by atoms with van der Waals surface area (Å²) >= 11 is 5.99. The van der Waals surface area contributed by atoms with Crippen molar-refractivity contribution in [1.29, 1.82) is 0 Å². The van der Waals surface area contributed by atoms with E-state index in [2.05, 4.69) is 14.8 Å². The van der Waals surface area contributed by atoms with Crippen LogP contribution < -0.4 is 9.86 Å². The normalized spacial score (nSPS) is 17.3. The van der Waals surface area contributed by atoms with Crippen LogP contribution in [0.4, 0.5) is 13.2 Å². The number of halogens is 4. The summed E-state index contributed by atoms with van der Waals surface area (Å²) in [5.41, 5.74) is 0.379. The minimum Gasteiger partial charge on any atom is -0.250 e. The van der Waals surface area contributed by atoms with Gasteiger partial charge in [-0.25, -0.2) is 36.7 Å². The molecule has 3 N–H and O–H groups in total. The Bertz CT molecular complexity index is 1390. The Morgan fingerprint density at radius 2 is 1.73 bits per heavy atom. The second kappa shape index (κ2) is 11.0. The molecule has 0 radical (unpaired) electrons. The number of hydrazone groups is 1. The number of guanidine groups is 1. The molecule has 0 amide bonds. The third-order valence-electron chi connectivity index (χ3n) is 5.49. The van der Waals surface area contributed by atoms with Gasteiger partial charge in [-0.2, -0.15) is 18.3 Å². The van der Waals surface area contributed by atoms with Gasteiger partial charge < -0.3 is 0 Å². The van der Waals surface area contributed by atoms with Gasteiger partial charge in [0.05, 0.1) is 35.0 Å². The molecule has 0 unspecified atom stereocenters. The molecule has 0 bridgehead atoms. The van der Waals surface area contributed by atoms with Crippen molar-refractivity contribution in [3.8, 4) is 0 Å². The summed E-state index contributed by atoms with van der Waals surface area (Å²) in [5, 5.41) is 11.4. The highest BCUT2D eigenvalue weighted by molar-refractivity contribution is 7.90. The third kappa shape index (κ3) is 7.66. The standard InChI is InChI=1S/C22H25ClF3N5O4S2/c1-14(2)19-13-31(29-20(19)15-3-7-17(23)8-4-15)21(28-11-12-36(27,32)33)30-37(34,35)18-9-5-16(6-10-18)22(24,25)26/h3-10,14,19H,11-13H2,1-2H3,(H,28,30)(H2,27,32,33)/t19-/m0/s1. The molecule has 1 atom stereocenters. The van der Waals surface area contributed by atoms with Crippen molar-refractivity contribution in [2.24, 2.45) is 27.1 Å². The number of nitrogens with zero attached hydrogens (tertiary/aromatic N) is 3. The van der Waals surface area contributed by atoms with E-state index in [0.717, 1.165) is 17.7 Å². The van der Waals surface area contributed by atoms with Crippen LogP contribution in [0.25, 0.3) is 0 Å². The number of aliphatic imine (C=N–C) groups is 1. The van der Waals surface area contributed by atoms with Crippen LogP contribution in [0.5, 0.6) is 0 Å². The highest BCUT2D eigenvalue weighted by Crippen LogP contribution is 2.30. The maximum atomic E-state index is 13.0. The summed E-state index contributed by atoms with van der Waals surface area (Å²) < 4.78 is 89.7. The summed E-state index contributed by atoms with van der Waals surface area (Å²) in [7, 11) is -8.31. The van der Waals surface area contributed by atoms with Gasteiger partial charge in [0, 0.05) is 10.9 Å². The van der Waals surface area contributed by atoms with Crippen LogP contribution in [0.1, 0.15) is 25.0 Å². The Morgan fingerprint density at radius 3 is 2.24 bits per heavy atom. The molecule has 9 nitrogen and oxygen atoms in total. The zero-order valence-corrected chi connectivity index (χ0v) is 22.2. The summed E-state index contributed by atoms with van der Waals surface area (Å²) in [6, 6.07) is 9.84. The first-order valence-corrected chi connectivity index (χ1v) is 14.5. The topological polar surface area (TPSA) is 134 Å². The van der Waals surface area contributed by atoms with E-state index in [9.17, 15) is 30.0 Å². The van der Waals surface area contributed by atoms with Crippen LogP contribution in [0.3, 0.4) is 0 Å². The molecule has 0 saturated carbocycles. The van der Waals surface area contributed by atoms with E-state index in [4.69, 9.17) is 16.7 Å². The Kier molecular flexibility index (Phi) is 8.57. The molecule has 0 saturated heterocycles. The van der Waals surface area contributed by atoms with Crippen molar-refractivity contribution in [3.05, 3.63) is 64.7 Å². The Balaban J connectivity index is 1.98. The van der Waals surface area contributed by atoms with E-state index in [-0.39, 0.29) is 30.9 Å². The van der Waals surface area contributed by atoms with Gasteiger partial charge in [-0.05, 0) is 47.9 Å². The SMILES string of the molecule is CC(C)[C@@H]1CN(C(=NCCS(N)(=O)=O)NS(=O)(=O)c2ccc(C(F)(F)F)cc2)N=C1c1ccc(Cl)cc1. The first-order chi connectivity index (χ1) is 17.1. The van der Waals surface area contributed by atoms with Crippen LogP contribution in [0, 0.1) is 11.8 Å². The number of rotatable bonds is 7. The average molecular weight is 580 g/mol. The monoisotopic (exact) mass is 579 g/mol. The maximum Gasteiger partial charge on any atom is 0.416 e. The van der Waals surface area contributed by atoms with Crippen LogP contribution in [0.2, 0.25) is 5.02 Å². The number of benzene rings is 2. The predicted octanol–water partition coefficient (Wildman–Crippen LogP) is 3.27. The molecule has 0 aliphatic carbocycles. The molecule has 0 aromatic heterocycles. The van der Waals surface area contributed by atoms with Crippen LogP contribution in [0.15, 0.2) is 63.5 Å². The van der Waals surface area contributed by atoms with E-state index in [1.807, 2.05) is 13.8 Å². The number of hydrogen-bond donors (Lipinski definition) is 2. The molecule has 1 aliphatic rings. The van der Waals surface area contributed by atoms with Crippen molar-refractivity contribution in [1.82, 2.24) is 9.73 Å². The van der Waals surface area contributed by atoms with Crippen molar-refractivity contribution >= 4 is 43.3 Å². The van der Waals surface area contributed by atoms with Gasteiger partial charge >= 0.3 is 6.18 Å². The van der Waals surface area contributed by atoms with Gasteiger partial charge in [0.2, 0.25) is 16.0 Å². The molecule has 202 valence electrons. The number of nitrogens with one attached hydrogen (secondary N) is 1. The lowest BCUT2D eigenvalue weighted by atomic mass is 9.88. The van der Waals surface area contributed by atoms with E-state index >= 15 is 0 Å². The van der Waals surface area contributed by atoms with Crippen LogP contribution >= 0.6 is 11.6 Å². The smallest absolute Gasteiger partial charge is 0.250 e. The highest BCUT2D eigenvalue weighted by atomic mass is 35.5. The second-order valence-corrected chi connectivity index (χ2v) is 12.5. The van der Waals surface area contributed by atoms with Gasteiger partial charge in [0.15, 0.2) is 0 Å². The zero-order chi connectivity index (χ0) is 27.6. The highest BCUT2D eigenvalue weighted by Gasteiger charge is 2.34. The summed E-state index contributed by atoms with van der Waals surface area (Å²) in [4.78, 5) is 3.64. The third-order valence-corrected chi connectivity index (χ3v) is 7.84. The average Bonchev–Trinajstić information content (AvgIpc) is 3.23. The minimum atomic E-state index is -4.63. The van der Waals surface area contributed by atoms with Crippen molar-refractivity contribution in [2.45, 2.75) is 24.9 Å². The number of nitrogens with two attached hydrogens (primary N) is 1. The number of primary sulfonamides is 1. The molecule has 2 aromatic rings. The Morgan fingerprint density at radius 1 is 1.14 bits per heavy atom. The van der Waals surface area contributed by atoms with Gasteiger partial charge in [0.25, 0.3) is 10.0 Å². The predicted molar refractivity (Wildman–Crippen MR) is 135 cm³/mol. The fourth-order valence-electron chi connectivity index (χ4n) is 3.52. The number of hydrogen-bond acceptors (Lipinski definition) is 6. The van der Waals surface area contributed by atoms with Gasteiger partial charge in [-0.15, -0.1) is 0 Å². The first kappa shape index (κ1) is 28.9. The fraction of sp³-hybridized carbons (Fsp3) is 0.364. The lowest BCUT2D eigenvalue weighted by Crippen LogP contribution is -2.42. The number of alkyl halides is 3. The number of sulfonamides is 2. The first-order valence-electron chi connectivity index (χ1n) is 10.9. The maximum absolute atomic E-state index is 13.0. The second-order valence-electron chi connectivity index (χ2n) is 8.62. The zero-order valence-electron chi connectivity index (χ0n) is 19.8. The molecule has 0 spiro atoms. The minimum absolute atomic E-state index is 0.0802. The summed E-state index contributed by atoms with van der Waals surface area (Å²) in [6.07, 6.45) is -4.63. The molecule has 37 heavy (non-hydrogen) atoms. The van der Waals surface area contributed by atoms with Gasteiger partial charge in [0.1, 0.15) is 0 Å². The van der Waals surface area contributed by atoms with Gasteiger partial charge in [-0.1, -0.05) is 37.6 Å². The van der Waals surface area contributed by atoms with Crippen molar-refractivity contribution in [2.75, 3.05) is 18.8 Å². The molecule has 2 aromatic carbocycles. The molecule has 15 heteroatoms. The molecule has 0 fully saturated rings. The largest absolute Gasteiger partial charge is 0.416 e. The fourth-order valence-corrected chi connectivity index (χ4v) is 5.01. The quantitative estimate of drug-likeness (QED) is 0.383. The Hall–Kier alpha value is -2.68. The van der Waals surface area contributed by atoms with E-state index in [1.165, 1.54) is 5.01 Å². The van der Waals surface area contributed by atoms with E-state index < -0.39 is 42.4 Å². The summed E-state index contributed by atoms with van der Waals surface area (Å²) in [6.45, 7) is 3.76. The van der Waals surface area contributed by atoms with Gasteiger partial charge in [-0.3, -0.25) is 0 Å². The lowest BCUT2D eigenvalue weighted by molar-refractivity contribution is -0.137. The van der Waals surface area contributed by atoms with E-state index in [1.54, 1.807) is 24.3 Å². The van der Waals surface area contributed by atoms with Crippen molar-refractivity contribution < 1.29 is 30.0 Å². The van der Waals surface area contributed by atoms with Crippen LogP contribution in [-0.4, -0.2) is 52.4 Å². The van der Waals surface area contributed by atoms with Crippen molar-refractivity contribution in [3.63, 3.8) is 0 Å². The molecule has 3 rings (SSSR count). The molecular weight excluding hydrogens is 555 g/mol.